The van der Waals surface area contributed by atoms with Crippen LogP contribution >= 0.6 is 11.3 Å². The van der Waals surface area contributed by atoms with Gasteiger partial charge in [-0.2, -0.15) is 5.26 Å². The second-order valence-electron chi connectivity index (χ2n) is 9.00. The van der Waals surface area contributed by atoms with Crippen molar-refractivity contribution in [3.63, 3.8) is 0 Å². The first-order valence-electron chi connectivity index (χ1n) is 12.1. The van der Waals surface area contributed by atoms with Crippen LogP contribution in [-0.4, -0.2) is 42.8 Å². The van der Waals surface area contributed by atoms with E-state index in [0.29, 0.717) is 16.7 Å². The molecule has 0 amide bonds. The van der Waals surface area contributed by atoms with E-state index in [1.807, 2.05) is 0 Å². The van der Waals surface area contributed by atoms with Crippen LogP contribution in [0.4, 0.5) is 0 Å². The molecule has 0 fully saturated rings. The van der Waals surface area contributed by atoms with Crippen molar-refractivity contribution in [1.29, 1.82) is 5.26 Å². The molecule has 1 aromatic heterocycles. The van der Waals surface area contributed by atoms with Gasteiger partial charge in [0, 0.05) is 0 Å². The summed E-state index contributed by atoms with van der Waals surface area (Å²) in [5, 5.41) is 10.1. The molecule has 4 rings (SSSR count). The van der Waals surface area contributed by atoms with E-state index in [0.717, 1.165) is 15.9 Å². The Morgan fingerprint density at radius 2 is 1.52 bits per heavy atom. The maximum absolute atomic E-state index is 13.5. The molecule has 10 nitrogen and oxygen atoms in total. The molecule has 0 saturated carbocycles. The summed E-state index contributed by atoms with van der Waals surface area (Å²) in [6.07, 6.45) is 1.13. The fourth-order valence-electron chi connectivity index (χ4n) is 4.27. The molecule has 1 atom stereocenters. The molecule has 3 aromatic rings. The van der Waals surface area contributed by atoms with Crippen molar-refractivity contribution in [3.8, 4) is 6.07 Å². The monoisotopic (exact) mass is 559 g/mol. The lowest BCUT2D eigenvalue weighted by atomic mass is 9.83. The summed E-state index contributed by atoms with van der Waals surface area (Å²) in [5.74, 6) is -2.80. The standard InChI is InChI=1S/C29H25N3O7S/c1-15(2)39-29(36)23-22(17-9-11-19(12-10-17)28(35)38-4)20(14-30)24(31)32-25(33)21(40-26(23)32)13-16-5-7-18(8-6-16)27(34)37-3/h5-13,15,22H,31H2,1-4H3/b21-13-/t22-/m1/s1. The minimum absolute atomic E-state index is 0.0112. The average molecular weight is 560 g/mol. The number of nitrogens with two attached hydrogens (primary N) is 1. The third-order valence-electron chi connectivity index (χ3n) is 6.13. The summed E-state index contributed by atoms with van der Waals surface area (Å²) in [5.41, 5.74) is 7.69. The van der Waals surface area contributed by atoms with Gasteiger partial charge in [-0.3, -0.25) is 9.36 Å². The molecule has 0 saturated heterocycles. The molecule has 0 bridgehead atoms. The highest BCUT2D eigenvalue weighted by Gasteiger charge is 2.36. The van der Waals surface area contributed by atoms with E-state index in [4.69, 9.17) is 19.9 Å². The van der Waals surface area contributed by atoms with E-state index in [1.165, 1.54) is 26.4 Å². The second kappa shape index (κ2) is 11.4. The lowest BCUT2D eigenvalue weighted by molar-refractivity contribution is -0.140. The first-order valence-corrected chi connectivity index (χ1v) is 12.9. The third kappa shape index (κ3) is 5.17. The first-order chi connectivity index (χ1) is 19.1. The highest BCUT2D eigenvalue weighted by Crippen LogP contribution is 2.37. The number of ether oxygens (including phenoxy) is 3. The Balaban J connectivity index is 1.98. The lowest BCUT2D eigenvalue weighted by Crippen LogP contribution is -2.40. The van der Waals surface area contributed by atoms with Crippen LogP contribution in [0.15, 0.2) is 58.9 Å². The summed E-state index contributed by atoms with van der Waals surface area (Å²) < 4.78 is 16.6. The minimum atomic E-state index is -0.951. The highest BCUT2D eigenvalue weighted by atomic mass is 32.1. The summed E-state index contributed by atoms with van der Waals surface area (Å²) in [6.45, 7) is 3.38. The zero-order chi connectivity index (χ0) is 29.1. The first kappa shape index (κ1) is 28.1. The van der Waals surface area contributed by atoms with E-state index in [1.54, 1.807) is 56.3 Å². The number of hydrogen-bond acceptors (Lipinski definition) is 10. The Hall–Kier alpha value is -4.95. The van der Waals surface area contributed by atoms with Gasteiger partial charge >= 0.3 is 17.9 Å². The SMILES string of the molecule is COC(=O)c1ccc(/C=c2\sc3n(c2=O)C(N)=C(C#N)[C@@H](c2ccc(C(=O)OC)cc2)C=3C(=O)OC(C)C)cc1. The van der Waals surface area contributed by atoms with Crippen molar-refractivity contribution in [2.45, 2.75) is 25.9 Å². The zero-order valence-corrected chi connectivity index (χ0v) is 22.9. The number of methoxy groups -OCH3 is 2. The van der Waals surface area contributed by atoms with Gasteiger partial charge in [-0.25, -0.2) is 14.4 Å². The molecule has 1 aliphatic rings. The van der Waals surface area contributed by atoms with Crippen LogP contribution in [0.25, 0.3) is 17.5 Å². The van der Waals surface area contributed by atoms with Crippen LogP contribution in [0.3, 0.4) is 0 Å². The Morgan fingerprint density at radius 3 is 2.02 bits per heavy atom. The number of carbonyl (C=O) groups excluding carboxylic acids is 3. The van der Waals surface area contributed by atoms with Gasteiger partial charge in [0.15, 0.2) is 0 Å². The highest BCUT2D eigenvalue weighted by molar-refractivity contribution is 7.07. The van der Waals surface area contributed by atoms with Crippen LogP contribution in [0, 0.1) is 11.3 Å². The van der Waals surface area contributed by atoms with Gasteiger partial charge in [-0.05, 0) is 55.3 Å². The number of allylic oxidation sites excluding steroid dienone is 1. The number of nitrogens with zero attached hydrogens (tertiary/aromatic N) is 2. The molecule has 40 heavy (non-hydrogen) atoms. The Labute approximate surface area is 232 Å². The summed E-state index contributed by atoms with van der Waals surface area (Å²) in [7, 11) is 2.55. The Kier molecular flexibility index (Phi) is 8.02. The van der Waals surface area contributed by atoms with Gasteiger partial charge in [0.1, 0.15) is 10.5 Å². The van der Waals surface area contributed by atoms with Crippen molar-refractivity contribution >= 4 is 46.7 Å². The normalized spacial score (nSPS) is 14.9. The van der Waals surface area contributed by atoms with Crippen LogP contribution in [-0.2, 0) is 19.0 Å². The molecule has 0 aliphatic carbocycles. The third-order valence-corrected chi connectivity index (χ3v) is 7.23. The molecule has 2 N–H and O–H groups in total. The van der Waals surface area contributed by atoms with E-state index < -0.39 is 35.5 Å². The molecule has 11 heteroatoms. The van der Waals surface area contributed by atoms with Crippen molar-refractivity contribution < 1.29 is 28.6 Å². The number of fused-ring (bicyclic) bond motifs is 1. The van der Waals surface area contributed by atoms with E-state index in [-0.39, 0.29) is 31.7 Å². The van der Waals surface area contributed by atoms with Crippen molar-refractivity contribution in [3.05, 3.63) is 95.9 Å². The van der Waals surface area contributed by atoms with Crippen LogP contribution in [0.1, 0.15) is 51.6 Å². The fraction of sp³-hybridized carbons (Fsp3) is 0.207. The number of aromatic nitrogens is 1. The molecule has 2 aromatic carbocycles. The molecular weight excluding hydrogens is 534 g/mol. The van der Waals surface area contributed by atoms with E-state index in [9.17, 15) is 24.4 Å². The van der Waals surface area contributed by atoms with E-state index in [2.05, 4.69) is 6.07 Å². The van der Waals surface area contributed by atoms with Crippen LogP contribution < -0.4 is 20.5 Å². The average Bonchev–Trinajstić information content (AvgIpc) is 3.27. The zero-order valence-electron chi connectivity index (χ0n) is 22.1. The molecule has 204 valence electrons. The summed E-state index contributed by atoms with van der Waals surface area (Å²) in [6, 6.07) is 14.7. The van der Waals surface area contributed by atoms with Gasteiger partial charge in [0.2, 0.25) is 0 Å². The fourth-order valence-corrected chi connectivity index (χ4v) is 5.44. The Bertz CT molecular complexity index is 1760. The number of thiazole rings is 1. The smallest absolute Gasteiger partial charge is 0.338 e. The van der Waals surface area contributed by atoms with Gasteiger partial charge < -0.3 is 19.9 Å². The predicted molar refractivity (Wildman–Crippen MR) is 147 cm³/mol. The van der Waals surface area contributed by atoms with Gasteiger partial charge in [0.25, 0.3) is 5.56 Å². The number of esters is 3. The molecule has 0 unspecified atom stereocenters. The number of hydrogen-bond donors (Lipinski definition) is 1. The predicted octanol–water partition coefficient (Wildman–Crippen LogP) is 1.86. The molecule has 0 spiro atoms. The molecule has 2 heterocycles. The maximum Gasteiger partial charge on any atom is 0.338 e. The number of rotatable bonds is 6. The largest absolute Gasteiger partial charge is 0.465 e. The minimum Gasteiger partial charge on any atom is -0.465 e. The van der Waals surface area contributed by atoms with Gasteiger partial charge in [0.05, 0.1) is 59.1 Å². The maximum atomic E-state index is 13.5. The number of nitriles is 1. The number of benzene rings is 2. The summed E-state index contributed by atoms with van der Waals surface area (Å²) in [4.78, 5) is 50.7. The van der Waals surface area contributed by atoms with Crippen LogP contribution in [0.5, 0.6) is 0 Å². The molecule has 0 radical (unpaired) electrons. The Morgan fingerprint density at radius 1 is 0.975 bits per heavy atom. The van der Waals surface area contributed by atoms with Crippen LogP contribution in [0.2, 0.25) is 0 Å². The number of carbonyl (C=O) groups is 3. The topological polar surface area (TPSA) is 151 Å². The van der Waals surface area contributed by atoms with Crippen molar-refractivity contribution in [2.24, 2.45) is 5.73 Å². The summed E-state index contributed by atoms with van der Waals surface area (Å²) >= 11 is 1.03. The molecular formula is C29H25N3O7S. The van der Waals surface area contributed by atoms with E-state index >= 15 is 0 Å². The second-order valence-corrected chi connectivity index (χ2v) is 10.0. The van der Waals surface area contributed by atoms with Gasteiger partial charge in [-0.1, -0.05) is 24.3 Å². The van der Waals surface area contributed by atoms with Gasteiger partial charge in [-0.15, -0.1) is 11.3 Å². The lowest BCUT2D eigenvalue weighted by Gasteiger charge is -2.25. The van der Waals surface area contributed by atoms with Crippen molar-refractivity contribution in [2.75, 3.05) is 14.2 Å². The van der Waals surface area contributed by atoms with Crippen molar-refractivity contribution in [1.82, 2.24) is 4.57 Å². The molecule has 1 aliphatic heterocycles. The quantitative estimate of drug-likeness (QED) is 0.352.